The molecule has 0 bridgehead atoms. The first-order chi connectivity index (χ1) is 12.0. The van der Waals surface area contributed by atoms with Gasteiger partial charge in [-0.15, -0.1) is 0 Å². The second-order valence-electron chi connectivity index (χ2n) is 6.32. The lowest BCUT2D eigenvalue weighted by molar-refractivity contribution is -0.136. The van der Waals surface area contributed by atoms with E-state index in [1.165, 1.54) is 5.56 Å². The van der Waals surface area contributed by atoms with E-state index in [2.05, 4.69) is 10.6 Å². The van der Waals surface area contributed by atoms with Crippen molar-refractivity contribution in [2.45, 2.75) is 24.9 Å². The first kappa shape index (κ1) is 17.5. The van der Waals surface area contributed by atoms with Crippen molar-refractivity contribution < 1.29 is 14.7 Å². The van der Waals surface area contributed by atoms with Gasteiger partial charge in [0.1, 0.15) is 0 Å². The van der Waals surface area contributed by atoms with Crippen molar-refractivity contribution in [3.8, 4) is 0 Å². The summed E-state index contributed by atoms with van der Waals surface area (Å²) in [6.07, 6.45) is 1.75. The van der Waals surface area contributed by atoms with E-state index in [-0.39, 0.29) is 6.54 Å². The molecule has 0 radical (unpaired) electrons. The van der Waals surface area contributed by atoms with Crippen molar-refractivity contribution in [1.29, 1.82) is 0 Å². The summed E-state index contributed by atoms with van der Waals surface area (Å²) in [5.74, 6) is -1.57. The maximum Gasteiger partial charge on any atom is 0.313 e. The molecule has 2 aromatic carbocycles. The standard InChI is InChI=1S/C19H19ClN2O3/c20-15-6-3-7-16(10-15)22-18(24)17(23)21-12-19(25)9-8-13-4-1-2-5-14(13)11-19/h1-7,10,25H,8-9,11-12H2,(H,21,23)(H,22,24). The third-order valence-corrected chi connectivity index (χ3v) is 4.60. The zero-order valence-electron chi connectivity index (χ0n) is 13.6. The summed E-state index contributed by atoms with van der Waals surface area (Å²) in [4.78, 5) is 23.9. The number of nitrogens with one attached hydrogen (secondary N) is 2. The summed E-state index contributed by atoms with van der Waals surface area (Å²) in [6.45, 7) is 0.0309. The number of carbonyl (C=O) groups excluding carboxylic acids is 2. The van der Waals surface area contributed by atoms with Crippen LogP contribution < -0.4 is 10.6 Å². The van der Waals surface area contributed by atoms with Gasteiger partial charge in [0.15, 0.2) is 0 Å². The Morgan fingerprint density at radius 1 is 1.08 bits per heavy atom. The molecule has 0 aromatic heterocycles. The Kier molecular flexibility index (Phi) is 5.06. The predicted octanol–water partition coefficient (Wildman–Crippen LogP) is 2.31. The molecule has 1 atom stereocenters. The molecule has 5 nitrogen and oxygen atoms in total. The second-order valence-corrected chi connectivity index (χ2v) is 6.75. The highest BCUT2D eigenvalue weighted by Gasteiger charge is 2.32. The molecule has 130 valence electrons. The Hall–Kier alpha value is -2.37. The van der Waals surface area contributed by atoms with Crippen LogP contribution in [0, 0.1) is 0 Å². The first-order valence-electron chi connectivity index (χ1n) is 8.09. The number of halogens is 1. The number of benzene rings is 2. The molecule has 3 N–H and O–H groups in total. The SMILES string of the molecule is O=C(NCC1(O)CCc2ccccc2C1)C(=O)Nc1cccc(Cl)c1. The van der Waals surface area contributed by atoms with Crippen LogP contribution in [-0.4, -0.2) is 29.1 Å². The molecule has 0 fully saturated rings. The summed E-state index contributed by atoms with van der Waals surface area (Å²) in [7, 11) is 0. The highest BCUT2D eigenvalue weighted by Crippen LogP contribution is 2.28. The van der Waals surface area contributed by atoms with Crippen molar-refractivity contribution in [1.82, 2.24) is 5.32 Å². The Morgan fingerprint density at radius 3 is 2.60 bits per heavy atom. The van der Waals surface area contributed by atoms with E-state index in [1.807, 2.05) is 24.3 Å². The molecule has 3 rings (SSSR count). The van der Waals surface area contributed by atoms with Gasteiger partial charge in [0.2, 0.25) is 0 Å². The lowest BCUT2D eigenvalue weighted by Gasteiger charge is -2.33. The number of hydrogen-bond acceptors (Lipinski definition) is 3. The van der Waals surface area contributed by atoms with Crippen molar-refractivity contribution in [3.05, 3.63) is 64.7 Å². The third kappa shape index (κ3) is 4.38. The summed E-state index contributed by atoms with van der Waals surface area (Å²) in [6, 6.07) is 14.5. The van der Waals surface area contributed by atoms with E-state index in [1.54, 1.807) is 24.3 Å². The van der Waals surface area contributed by atoms with E-state index >= 15 is 0 Å². The number of rotatable bonds is 3. The molecular weight excluding hydrogens is 340 g/mol. The number of fused-ring (bicyclic) bond motifs is 1. The van der Waals surface area contributed by atoms with Crippen LogP contribution in [0.4, 0.5) is 5.69 Å². The van der Waals surface area contributed by atoms with Crippen LogP contribution in [0.25, 0.3) is 0 Å². The Balaban J connectivity index is 1.56. The number of aryl methyl sites for hydroxylation is 1. The molecule has 2 aromatic rings. The van der Waals surface area contributed by atoms with Gasteiger partial charge in [0.25, 0.3) is 0 Å². The number of amides is 2. The maximum atomic E-state index is 12.0. The quantitative estimate of drug-likeness (QED) is 0.737. The molecule has 0 aliphatic heterocycles. The Bertz CT molecular complexity index is 809. The third-order valence-electron chi connectivity index (χ3n) is 4.36. The Labute approximate surface area is 151 Å². The average molecular weight is 359 g/mol. The van der Waals surface area contributed by atoms with E-state index in [9.17, 15) is 14.7 Å². The lowest BCUT2D eigenvalue weighted by atomic mass is 9.80. The smallest absolute Gasteiger partial charge is 0.313 e. The maximum absolute atomic E-state index is 12.0. The van der Waals surface area contributed by atoms with Crippen molar-refractivity contribution in [2.24, 2.45) is 0 Å². The van der Waals surface area contributed by atoms with Gasteiger partial charge in [-0.05, 0) is 42.2 Å². The van der Waals surface area contributed by atoms with Gasteiger partial charge in [-0.3, -0.25) is 9.59 Å². The average Bonchev–Trinajstić information content (AvgIpc) is 2.59. The summed E-state index contributed by atoms with van der Waals surface area (Å²) < 4.78 is 0. The minimum Gasteiger partial charge on any atom is -0.388 e. The van der Waals surface area contributed by atoms with Crippen LogP contribution in [-0.2, 0) is 22.4 Å². The van der Waals surface area contributed by atoms with Gasteiger partial charge in [-0.25, -0.2) is 0 Å². The van der Waals surface area contributed by atoms with Gasteiger partial charge in [0.05, 0.1) is 5.60 Å². The molecule has 1 unspecified atom stereocenters. The van der Waals surface area contributed by atoms with Crippen molar-refractivity contribution in [2.75, 3.05) is 11.9 Å². The molecule has 0 spiro atoms. The summed E-state index contributed by atoms with van der Waals surface area (Å²) in [5, 5.41) is 16.2. The minimum atomic E-state index is -1.04. The molecule has 25 heavy (non-hydrogen) atoms. The van der Waals surface area contributed by atoms with Gasteiger partial charge in [0, 0.05) is 23.7 Å². The highest BCUT2D eigenvalue weighted by molar-refractivity contribution is 6.39. The molecule has 0 heterocycles. The molecule has 0 saturated carbocycles. The highest BCUT2D eigenvalue weighted by atomic mass is 35.5. The van der Waals surface area contributed by atoms with Crippen LogP contribution in [0.15, 0.2) is 48.5 Å². The van der Waals surface area contributed by atoms with Crippen LogP contribution in [0.2, 0.25) is 5.02 Å². The first-order valence-corrected chi connectivity index (χ1v) is 8.47. The lowest BCUT2D eigenvalue weighted by Crippen LogP contribution is -2.49. The molecule has 1 aliphatic carbocycles. The van der Waals surface area contributed by atoms with E-state index < -0.39 is 17.4 Å². The topological polar surface area (TPSA) is 78.4 Å². The zero-order chi connectivity index (χ0) is 17.9. The van der Waals surface area contributed by atoms with Gasteiger partial charge in [-0.1, -0.05) is 41.9 Å². The number of aliphatic hydroxyl groups is 1. The van der Waals surface area contributed by atoms with E-state index in [0.717, 1.165) is 12.0 Å². The summed E-state index contributed by atoms with van der Waals surface area (Å²) >= 11 is 5.85. The number of hydrogen-bond donors (Lipinski definition) is 3. The predicted molar refractivity (Wildman–Crippen MR) is 96.5 cm³/mol. The van der Waals surface area contributed by atoms with Crippen LogP contribution in [0.1, 0.15) is 17.5 Å². The van der Waals surface area contributed by atoms with Crippen molar-refractivity contribution in [3.63, 3.8) is 0 Å². The fourth-order valence-electron chi connectivity index (χ4n) is 3.01. The molecule has 6 heteroatoms. The van der Waals surface area contributed by atoms with Crippen molar-refractivity contribution >= 4 is 29.1 Å². The molecule has 1 aliphatic rings. The monoisotopic (exact) mass is 358 g/mol. The van der Waals surface area contributed by atoms with Crippen LogP contribution in [0.3, 0.4) is 0 Å². The van der Waals surface area contributed by atoms with Crippen LogP contribution >= 0.6 is 11.6 Å². The normalized spacial score (nSPS) is 19.0. The van der Waals surface area contributed by atoms with Gasteiger partial charge in [-0.2, -0.15) is 0 Å². The molecule has 2 amide bonds. The molecular formula is C19H19ClN2O3. The summed E-state index contributed by atoms with van der Waals surface area (Å²) in [5.41, 5.74) is 1.70. The minimum absolute atomic E-state index is 0.0309. The fraction of sp³-hybridized carbons (Fsp3) is 0.263. The van der Waals surface area contributed by atoms with E-state index in [0.29, 0.717) is 23.6 Å². The largest absolute Gasteiger partial charge is 0.388 e. The van der Waals surface area contributed by atoms with Gasteiger partial charge < -0.3 is 15.7 Å². The van der Waals surface area contributed by atoms with Gasteiger partial charge >= 0.3 is 11.8 Å². The fourth-order valence-corrected chi connectivity index (χ4v) is 3.20. The molecule has 0 saturated heterocycles. The number of anilines is 1. The zero-order valence-corrected chi connectivity index (χ0v) is 14.3. The Morgan fingerprint density at radius 2 is 1.84 bits per heavy atom. The number of carbonyl (C=O) groups is 2. The van der Waals surface area contributed by atoms with Crippen LogP contribution in [0.5, 0.6) is 0 Å². The second kappa shape index (κ2) is 7.25. The van der Waals surface area contributed by atoms with E-state index in [4.69, 9.17) is 11.6 Å².